The maximum Gasteiger partial charge on any atom is 0.185 e. The first kappa shape index (κ1) is 16.2. The molecular weight excluding hydrogens is 292 g/mol. The van der Waals surface area contributed by atoms with Crippen LogP contribution in [0, 0.1) is 5.92 Å². The zero-order chi connectivity index (χ0) is 15.5. The van der Waals surface area contributed by atoms with Gasteiger partial charge in [-0.05, 0) is 64.7 Å². The van der Waals surface area contributed by atoms with Crippen LogP contribution >= 0.6 is 11.3 Å². The largest absolute Gasteiger partial charge is 0.354 e. The third-order valence-corrected chi connectivity index (χ3v) is 6.48. The van der Waals surface area contributed by atoms with Crippen molar-refractivity contribution in [3.8, 4) is 0 Å². The van der Waals surface area contributed by atoms with Gasteiger partial charge in [-0.15, -0.1) is 11.3 Å². The molecule has 22 heavy (non-hydrogen) atoms. The van der Waals surface area contributed by atoms with E-state index in [0.29, 0.717) is 0 Å². The van der Waals surface area contributed by atoms with Crippen LogP contribution in [0.1, 0.15) is 37.5 Å². The molecule has 0 N–H and O–H groups in total. The van der Waals surface area contributed by atoms with E-state index in [2.05, 4.69) is 46.9 Å². The number of aromatic nitrogens is 1. The van der Waals surface area contributed by atoms with E-state index in [0.717, 1.165) is 23.6 Å². The Bertz CT molecular complexity index is 459. The normalized spacial score (nSPS) is 23.0. The number of piperidine rings is 1. The zero-order valence-corrected chi connectivity index (χ0v) is 15.1. The first-order valence-electron chi connectivity index (χ1n) is 8.72. The van der Waals surface area contributed by atoms with Crippen molar-refractivity contribution in [2.24, 2.45) is 5.92 Å². The molecule has 0 aliphatic carbocycles. The predicted octanol–water partition coefficient (Wildman–Crippen LogP) is 2.91. The first-order chi connectivity index (χ1) is 10.6. The third-order valence-electron chi connectivity index (χ3n) is 5.33. The van der Waals surface area contributed by atoms with Gasteiger partial charge in [-0.1, -0.05) is 0 Å². The van der Waals surface area contributed by atoms with Crippen LogP contribution in [0.15, 0.2) is 6.20 Å². The highest BCUT2D eigenvalue weighted by Crippen LogP contribution is 2.28. The van der Waals surface area contributed by atoms with Gasteiger partial charge in [-0.2, -0.15) is 0 Å². The quantitative estimate of drug-likeness (QED) is 0.831. The summed E-state index contributed by atoms with van der Waals surface area (Å²) < 4.78 is 0. The monoisotopic (exact) mass is 322 g/mol. The molecule has 5 heteroatoms. The van der Waals surface area contributed by atoms with Gasteiger partial charge in [0.25, 0.3) is 0 Å². The second-order valence-corrected chi connectivity index (χ2v) is 8.19. The highest BCUT2D eigenvalue weighted by atomic mass is 32.1. The van der Waals surface area contributed by atoms with Crippen molar-refractivity contribution < 1.29 is 0 Å². The van der Waals surface area contributed by atoms with Gasteiger partial charge in [0, 0.05) is 37.8 Å². The van der Waals surface area contributed by atoms with Crippen LogP contribution in [0.5, 0.6) is 0 Å². The van der Waals surface area contributed by atoms with Crippen molar-refractivity contribution in [3.63, 3.8) is 0 Å². The van der Waals surface area contributed by atoms with Crippen LogP contribution in [0.25, 0.3) is 0 Å². The van der Waals surface area contributed by atoms with Crippen LogP contribution in [-0.4, -0.2) is 61.1 Å². The van der Waals surface area contributed by atoms with E-state index in [1.165, 1.54) is 56.7 Å². The lowest BCUT2D eigenvalue weighted by Crippen LogP contribution is -2.42. The van der Waals surface area contributed by atoms with E-state index >= 15 is 0 Å². The number of rotatable bonds is 5. The SMILES string of the molecule is C[C@H](C1CCN(Cc2cnc(N(C)C)s2)CC1)N1CCCC1. The Balaban J connectivity index is 1.46. The van der Waals surface area contributed by atoms with Crippen molar-refractivity contribution >= 4 is 16.5 Å². The van der Waals surface area contributed by atoms with Crippen LogP contribution in [0.2, 0.25) is 0 Å². The van der Waals surface area contributed by atoms with Crippen LogP contribution in [0.3, 0.4) is 0 Å². The minimum absolute atomic E-state index is 0.786. The molecule has 1 aromatic heterocycles. The molecule has 124 valence electrons. The van der Waals surface area contributed by atoms with Crippen molar-refractivity contribution in [2.45, 2.75) is 45.2 Å². The maximum absolute atomic E-state index is 4.49. The molecule has 4 nitrogen and oxygen atoms in total. The Hall–Kier alpha value is -0.650. The maximum atomic E-state index is 4.49. The molecule has 0 radical (unpaired) electrons. The van der Waals surface area contributed by atoms with Gasteiger partial charge in [0.05, 0.1) is 0 Å². The average Bonchev–Trinajstić information content (AvgIpc) is 3.19. The molecule has 3 rings (SSSR count). The van der Waals surface area contributed by atoms with E-state index in [9.17, 15) is 0 Å². The van der Waals surface area contributed by atoms with Crippen molar-refractivity contribution in [2.75, 3.05) is 45.2 Å². The summed E-state index contributed by atoms with van der Waals surface area (Å²) in [6.45, 7) is 8.69. The summed E-state index contributed by atoms with van der Waals surface area (Å²) in [5.41, 5.74) is 0. The van der Waals surface area contributed by atoms with Crippen LogP contribution in [0.4, 0.5) is 5.13 Å². The van der Waals surface area contributed by atoms with Gasteiger partial charge in [-0.25, -0.2) is 4.98 Å². The Kier molecular flexibility index (Phi) is 5.37. The fraction of sp³-hybridized carbons (Fsp3) is 0.824. The van der Waals surface area contributed by atoms with Crippen molar-refractivity contribution in [1.29, 1.82) is 0 Å². The molecule has 1 aromatic rings. The molecule has 2 saturated heterocycles. The summed E-state index contributed by atoms with van der Waals surface area (Å²) in [7, 11) is 4.13. The van der Waals surface area contributed by atoms with E-state index in [1.54, 1.807) is 0 Å². The average molecular weight is 323 g/mol. The number of anilines is 1. The molecule has 0 spiro atoms. The van der Waals surface area contributed by atoms with Gasteiger partial charge >= 0.3 is 0 Å². The summed E-state index contributed by atoms with van der Waals surface area (Å²) in [5, 5.41) is 1.12. The fourth-order valence-corrected chi connectivity index (χ4v) is 4.71. The highest BCUT2D eigenvalue weighted by molar-refractivity contribution is 7.15. The third kappa shape index (κ3) is 3.81. The number of nitrogens with zero attached hydrogens (tertiary/aromatic N) is 4. The van der Waals surface area contributed by atoms with Crippen LogP contribution < -0.4 is 4.90 Å². The van der Waals surface area contributed by atoms with Gasteiger partial charge in [0.15, 0.2) is 5.13 Å². The summed E-state index contributed by atoms with van der Waals surface area (Å²) in [6, 6.07) is 0.786. The molecule has 0 unspecified atom stereocenters. The standard InChI is InChI=1S/C17H30N4S/c1-14(21-8-4-5-9-21)15-6-10-20(11-7-15)13-16-12-18-17(22-16)19(2)3/h12,14-15H,4-11,13H2,1-3H3/t14-/m1/s1. The molecule has 0 aromatic carbocycles. The highest BCUT2D eigenvalue weighted by Gasteiger charge is 2.29. The lowest BCUT2D eigenvalue weighted by atomic mass is 9.89. The van der Waals surface area contributed by atoms with E-state index in [1.807, 2.05) is 11.3 Å². The first-order valence-corrected chi connectivity index (χ1v) is 9.53. The molecule has 2 aliphatic heterocycles. The number of thiazole rings is 1. The Morgan fingerprint density at radius 1 is 1.23 bits per heavy atom. The van der Waals surface area contributed by atoms with Gasteiger partial charge in [0.2, 0.25) is 0 Å². The van der Waals surface area contributed by atoms with Gasteiger partial charge in [-0.3, -0.25) is 4.90 Å². The van der Waals surface area contributed by atoms with Crippen molar-refractivity contribution in [1.82, 2.24) is 14.8 Å². The summed E-state index contributed by atoms with van der Waals surface area (Å²) in [5.74, 6) is 0.896. The Morgan fingerprint density at radius 3 is 2.50 bits per heavy atom. The molecule has 2 fully saturated rings. The van der Waals surface area contributed by atoms with Crippen LogP contribution in [-0.2, 0) is 6.54 Å². The molecular formula is C17H30N4S. The molecule has 0 bridgehead atoms. The van der Waals surface area contributed by atoms with Gasteiger partial charge in [0.1, 0.15) is 0 Å². The number of hydrogen-bond acceptors (Lipinski definition) is 5. The molecule has 2 aliphatic rings. The number of hydrogen-bond donors (Lipinski definition) is 0. The fourth-order valence-electron chi connectivity index (χ4n) is 3.84. The van der Waals surface area contributed by atoms with E-state index < -0.39 is 0 Å². The lowest BCUT2D eigenvalue weighted by molar-refractivity contribution is 0.108. The second-order valence-electron chi connectivity index (χ2n) is 7.10. The summed E-state index contributed by atoms with van der Waals surface area (Å²) >= 11 is 1.83. The molecule has 1 atom stereocenters. The minimum atomic E-state index is 0.786. The predicted molar refractivity (Wildman–Crippen MR) is 94.7 cm³/mol. The Labute approximate surface area is 139 Å². The van der Waals surface area contributed by atoms with Crippen molar-refractivity contribution in [3.05, 3.63) is 11.1 Å². The summed E-state index contributed by atoms with van der Waals surface area (Å²) in [6.07, 6.45) is 7.58. The van der Waals surface area contributed by atoms with E-state index in [-0.39, 0.29) is 0 Å². The van der Waals surface area contributed by atoms with E-state index in [4.69, 9.17) is 0 Å². The smallest absolute Gasteiger partial charge is 0.185 e. The summed E-state index contributed by atoms with van der Waals surface area (Å²) in [4.78, 5) is 13.3. The zero-order valence-electron chi connectivity index (χ0n) is 14.3. The Morgan fingerprint density at radius 2 is 1.91 bits per heavy atom. The second kappa shape index (κ2) is 7.28. The topological polar surface area (TPSA) is 22.6 Å². The molecule has 0 saturated carbocycles. The number of likely N-dealkylation sites (tertiary alicyclic amines) is 2. The molecule has 3 heterocycles. The lowest BCUT2D eigenvalue weighted by Gasteiger charge is -2.38. The molecule has 0 amide bonds. The minimum Gasteiger partial charge on any atom is -0.354 e. The van der Waals surface area contributed by atoms with Gasteiger partial charge < -0.3 is 9.80 Å².